The second-order valence-corrected chi connectivity index (χ2v) is 7.42. The van der Waals surface area contributed by atoms with Crippen LogP contribution in [0.2, 0.25) is 0 Å². The van der Waals surface area contributed by atoms with Crippen molar-refractivity contribution >= 4 is 35.4 Å². The number of amides is 4. The highest BCUT2D eigenvalue weighted by molar-refractivity contribution is 7.99. The van der Waals surface area contributed by atoms with E-state index in [-0.39, 0.29) is 18.7 Å². The van der Waals surface area contributed by atoms with Gasteiger partial charge in [-0.3, -0.25) is 29.4 Å². The molecule has 0 saturated carbocycles. The molecule has 0 radical (unpaired) electrons. The van der Waals surface area contributed by atoms with Crippen molar-refractivity contribution < 1.29 is 19.2 Å². The Morgan fingerprint density at radius 1 is 1.19 bits per heavy atom. The topological polar surface area (TPSA) is 95.6 Å². The summed E-state index contributed by atoms with van der Waals surface area (Å²) in [5.41, 5.74) is 0.709. The third kappa shape index (κ3) is 3.52. The number of nitrogens with zero attached hydrogens (tertiary/aromatic N) is 1. The lowest BCUT2D eigenvalue weighted by atomic mass is 10.0. The van der Waals surface area contributed by atoms with Crippen LogP contribution in [0.4, 0.5) is 0 Å². The molecule has 0 aliphatic carbocycles. The molecule has 26 heavy (non-hydrogen) atoms. The molecule has 1 unspecified atom stereocenters. The van der Waals surface area contributed by atoms with Crippen LogP contribution < -0.4 is 10.6 Å². The van der Waals surface area contributed by atoms with Gasteiger partial charge in [-0.1, -0.05) is 6.07 Å². The van der Waals surface area contributed by atoms with Crippen LogP contribution in [0.1, 0.15) is 46.4 Å². The maximum Gasteiger partial charge on any atom is 0.263 e. The minimum Gasteiger partial charge on any atom is -0.320 e. The number of carbonyl (C=O) groups is 4. The Bertz CT molecular complexity index is 765. The second-order valence-electron chi connectivity index (χ2n) is 6.29. The van der Waals surface area contributed by atoms with Crippen molar-refractivity contribution in [2.45, 2.75) is 36.6 Å². The number of piperidine rings is 1. The Labute approximate surface area is 155 Å². The average molecular weight is 375 g/mol. The number of carbonyl (C=O) groups excluding carboxylic acids is 4. The zero-order valence-electron chi connectivity index (χ0n) is 14.5. The van der Waals surface area contributed by atoms with Crippen molar-refractivity contribution in [1.29, 1.82) is 0 Å². The van der Waals surface area contributed by atoms with E-state index in [2.05, 4.69) is 10.6 Å². The molecular formula is C18H21N3O4S. The Morgan fingerprint density at radius 2 is 2.00 bits per heavy atom. The Hall–Kier alpha value is -2.19. The molecule has 4 amide bonds. The van der Waals surface area contributed by atoms with Gasteiger partial charge in [0.1, 0.15) is 6.04 Å². The highest BCUT2D eigenvalue weighted by Crippen LogP contribution is 2.34. The highest BCUT2D eigenvalue weighted by Gasteiger charge is 2.45. The van der Waals surface area contributed by atoms with Crippen LogP contribution >= 0.6 is 11.8 Å². The molecule has 2 N–H and O–H groups in total. The quantitative estimate of drug-likeness (QED) is 0.422. The maximum absolute atomic E-state index is 12.9. The number of hydrogen-bond donors (Lipinski definition) is 2. The molecule has 8 heteroatoms. The molecule has 0 bridgehead atoms. The summed E-state index contributed by atoms with van der Waals surface area (Å²) in [7, 11) is 1.91. The van der Waals surface area contributed by atoms with Crippen molar-refractivity contribution in [3.8, 4) is 0 Å². The first kappa shape index (κ1) is 18.6. The Morgan fingerprint density at radius 3 is 2.73 bits per heavy atom. The lowest BCUT2D eigenvalue weighted by Crippen LogP contribution is -2.54. The molecule has 2 heterocycles. The Kier molecular flexibility index (Phi) is 5.73. The van der Waals surface area contributed by atoms with Gasteiger partial charge in [0.2, 0.25) is 11.8 Å². The zero-order valence-corrected chi connectivity index (χ0v) is 15.4. The minimum atomic E-state index is -0.923. The third-order valence-electron chi connectivity index (χ3n) is 4.51. The number of imide groups is 2. The lowest BCUT2D eigenvalue weighted by molar-refractivity contribution is -0.136. The minimum absolute atomic E-state index is 0.122. The fourth-order valence-electron chi connectivity index (χ4n) is 3.19. The van der Waals surface area contributed by atoms with Gasteiger partial charge in [-0.15, -0.1) is 11.8 Å². The number of unbranched alkanes of at least 4 members (excludes halogenated alkanes) is 1. The molecule has 1 aromatic carbocycles. The Balaban J connectivity index is 1.78. The van der Waals surface area contributed by atoms with E-state index in [1.54, 1.807) is 23.9 Å². The predicted molar refractivity (Wildman–Crippen MR) is 97.0 cm³/mol. The SMILES string of the molecule is CNCCCCSc1cccc2c1C(=O)N(C1CCC(=O)NC1=O)C2=O. The fraction of sp³-hybridized carbons (Fsp3) is 0.444. The fourth-order valence-corrected chi connectivity index (χ4v) is 4.27. The van der Waals surface area contributed by atoms with E-state index in [0.717, 1.165) is 34.9 Å². The first-order chi connectivity index (χ1) is 12.5. The number of fused-ring (bicyclic) bond motifs is 1. The first-order valence-electron chi connectivity index (χ1n) is 8.66. The molecular weight excluding hydrogens is 354 g/mol. The molecule has 7 nitrogen and oxygen atoms in total. The summed E-state index contributed by atoms with van der Waals surface area (Å²) in [6, 6.07) is 4.29. The summed E-state index contributed by atoms with van der Waals surface area (Å²) in [5.74, 6) is -1.02. The van der Waals surface area contributed by atoms with Crippen LogP contribution in [0.15, 0.2) is 23.1 Å². The van der Waals surface area contributed by atoms with E-state index in [1.165, 1.54) is 0 Å². The molecule has 1 fully saturated rings. The number of hydrogen-bond acceptors (Lipinski definition) is 6. The largest absolute Gasteiger partial charge is 0.320 e. The number of thioether (sulfide) groups is 1. The van der Waals surface area contributed by atoms with Crippen molar-refractivity contribution in [2.24, 2.45) is 0 Å². The highest BCUT2D eigenvalue weighted by atomic mass is 32.2. The molecule has 1 aromatic rings. The van der Waals surface area contributed by atoms with Crippen LogP contribution in [0, 0.1) is 0 Å². The predicted octanol–water partition coefficient (Wildman–Crippen LogP) is 1.18. The number of rotatable bonds is 7. The smallest absolute Gasteiger partial charge is 0.263 e. The van der Waals surface area contributed by atoms with Crippen LogP contribution in [0.25, 0.3) is 0 Å². The van der Waals surface area contributed by atoms with Crippen LogP contribution in [0.5, 0.6) is 0 Å². The molecule has 1 atom stereocenters. The molecule has 3 rings (SSSR count). The van der Waals surface area contributed by atoms with Gasteiger partial charge in [-0.05, 0) is 50.7 Å². The van der Waals surface area contributed by atoms with Gasteiger partial charge >= 0.3 is 0 Å². The van der Waals surface area contributed by atoms with E-state index in [4.69, 9.17) is 0 Å². The van der Waals surface area contributed by atoms with E-state index < -0.39 is 23.8 Å². The lowest BCUT2D eigenvalue weighted by Gasteiger charge is -2.27. The van der Waals surface area contributed by atoms with Crippen molar-refractivity contribution in [1.82, 2.24) is 15.5 Å². The van der Waals surface area contributed by atoms with Crippen molar-refractivity contribution in [2.75, 3.05) is 19.3 Å². The van der Waals surface area contributed by atoms with Crippen molar-refractivity contribution in [3.05, 3.63) is 29.3 Å². The maximum atomic E-state index is 12.9. The number of benzene rings is 1. The van der Waals surface area contributed by atoms with Gasteiger partial charge < -0.3 is 5.32 Å². The zero-order chi connectivity index (χ0) is 18.7. The van der Waals surface area contributed by atoms with Gasteiger partial charge in [0.05, 0.1) is 11.1 Å². The second kappa shape index (κ2) is 8.01. The van der Waals surface area contributed by atoms with Crippen molar-refractivity contribution in [3.63, 3.8) is 0 Å². The normalized spacial score (nSPS) is 19.7. The molecule has 1 saturated heterocycles. The van der Waals surface area contributed by atoms with E-state index in [1.807, 2.05) is 13.1 Å². The van der Waals surface area contributed by atoms with Gasteiger partial charge in [0.25, 0.3) is 11.8 Å². The standard InChI is InChI=1S/C18H21N3O4S/c1-19-9-2-3-10-26-13-6-4-5-11-15(13)18(25)21(17(11)24)12-7-8-14(22)20-16(12)23/h4-6,12,19H,2-3,7-10H2,1H3,(H,20,22,23). The van der Waals surface area contributed by atoms with E-state index in [9.17, 15) is 19.2 Å². The summed E-state index contributed by atoms with van der Waals surface area (Å²) in [5, 5.41) is 5.30. The molecule has 138 valence electrons. The molecule has 2 aliphatic heterocycles. The first-order valence-corrected chi connectivity index (χ1v) is 9.65. The summed E-state index contributed by atoms with van der Waals surface area (Å²) in [6.45, 7) is 0.939. The summed E-state index contributed by atoms with van der Waals surface area (Å²) < 4.78 is 0. The molecule has 2 aliphatic rings. The number of nitrogens with one attached hydrogen (secondary N) is 2. The van der Waals surface area contributed by atoms with Gasteiger partial charge in [0.15, 0.2) is 0 Å². The third-order valence-corrected chi connectivity index (χ3v) is 5.65. The molecule has 0 spiro atoms. The van der Waals surface area contributed by atoms with Gasteiger partial charge in [-0.25, -0.2) is 0 Å². The monoisotopic (exact) mass is 375 g/mol. The van der Waals surface area contributed by atoms with Gasteiger partial charge in [-0.2, -0.15) is 0 Å². The summed E-state index contributed by atoms with van der Waals surface area (Å²) >= 11 is 1.55. The van der Waals surface area contributed by atoms with Crippen LogP contribution in [-0.4, -0.2) is 53.9 Å². The summed E-state index contributed by atoms with van der Waals surface area (Å²) in [6.07, 6.45) is 2.32. The summed E-state index contributed by atoms with van der Waals surface area (Å²) in [4.78, 5) is 50.8. The average Bonchev–Trinajstić information content (AvgIpc) is 2.87. The van der Waals surface area contributed by atoms with Crippen LogP contribution in [0.3, 0.4) is 0 Å². The van der Waals surface area contributed by atoms with Gasteiger partial charge in [0, 0.05) is 11.3 Å². The van der Waals surface area contributed by atoms with Crippen LogP contribution in [-0.2, 0) is 9.59 Å². The van der Waals surface area contributed by atoms with E-state index in [0.29, 0.717) is 11.1 Å². The van der Waals surface area contributed by atoms with E-state index >= 15 is 0 Å². The molecule has 0 aromatic heterocycles.